The van der Waals surface area contributed by atoms with Crippen LogP contribution in [0.15, 0.2) is 24.3 Å². The third kappa shape index (κ3) is 2.93. The molecule has 0 unspecified atom stereocenters. The number of rotatable bonds is 3. The van der Waals surface area contributed by atoms with Gasteiger partial charge in [0.1, 0.15) is 5.75 Å². The number of amides is 1. The van der Waals surface area contributed by atoms with Gasteiger partial charge in [0.2, 0.25) is 0 Å². The minimum atomic E-state index is -0.562. The Balaban J connectivity index is 1.67. The zero-order chi connectivity index (χ0) is 15.5. The van der Waals surface area contributed by atoms with Gasteiger partial charge in [0, 0.05) is 6.54 Å². The van der Waals surface area contributed by atoms with E-state index in [1.54, 1.807) is 31.2 Å². The molecule has 1 aromatic rings. The average Bonchev–Trinajstić information content (AvgIpc) is 3.02. The Morgan fingerprint density at radius 3 is 3.18 bits per heavy atom. The molecule has 5 nitrogen and oxygen atoms in total. The van der Waals surface area contributed by atoms with Crippen molar-refractivity contribution in [3.63, 3.8) is 0 Å². The summed E-state index contributed by atoms with van der Waals surface area (Å²) in [6.45, 7) is 3.00. The van der Waals surface area contributed by atoms with Crippen LogP contribution in [0.25, 0.3) is 0 Å². The lowest BCUT2D eigenvalue weighted by Crippen LogP contribution is -2.54. The molecule has 1 saturated carbocycles. The molecule has 1 amide bonds. The molecular formula is C17H20N2O3. The number of ether oxygens (including phenoxy) is 2. The number of nitrogens with zero attached hydrogens (tertiary/aromatic N) is 2. The van der Waals surface area contributed by atoms with Crippen molar-refractivity contribution < 1.29 is 14.3 Å². The van der Waals surface area contributed by atoms with Gasteiger partial charge in [0.15, 0.2) is 6.10 Å². The van der Waals surface area contributed by atoms with Crippen molar-refractivity contribution >= 4 is 5.91 Å². The van der Waals surface area contributed by atoms with Gasteiger partial charge in [0.25, 0.3) is 5.91 Å². The molecule has 2 aliphatic rings. The van der Waals surface area contributed by atoms with Crippen LogP contribution in [0.5, 0.6) is 5.75 Å². The topological polar surface area (TPSA) is 62.6 Å². The first-order valence-corrected chi connectivity index (χ1v) is 7.78. The smallest absolute Gasteiger partial charge is 0.263 e. The summed E-state index contributed by atoms with van der Waals surface area (Å²) in [6.07, 6.45) is 2.78. The fourth-order valence-corrected chi connectivity index (χ4v) is 3.33. The molecule has 1 heterocycles. The first-order valence-electron chi connectivity index (χ1n) is 7.78. The van der Waals surface area contributed by atoms with Crippen LogP contribution in [-0.4, -0.2) is 42.2 Å². The largest absolute Gasteiger partial charge is 0.481 e. The molecule has 0 N–H and O–H groups in total. The quantitative estimate of drug-likeness (QED) is 0.857. The van der Waals surface area contributed by atoms with E-state index in [0.717, 1.165) is 19.3 Å². The van der Waals surface area contributed by atoms with Crippen molar-refractivity contribution in [1.29, 1.82) is 5.26 Å². The van der Waals surface area contributed by atoms with Crippen LogP contribution in [0, 0.1) is 11.3 Å². The minimum absolute atomic E-state index is 0.00237. The summed E-state index contributed by atoms with van der Waals surface area (Å²) in [7, 11) is 0. The Hall–Kier alpha value is -2.06. The van der Waals surface area contributed by atoms with Gasteiger partial charge in [-0.15, -0.1) is 0 Å². The van der Waals surface area contributed by atoms with E-state index in [4.69, 9.17) is 14.7 Å². The van der Waals surface area contributed by atoms with E-state index in [1.165, 1.54) is 0 Å². The fourth-order valence-electron chi connectivity index (χ4n) is 3.33. The van der Waals surface area contributed by atoms with Crippen molar-refractivity contribution in [2.45, 2.75) is 44.4 Å². The van der Waals surface area contributed by atoms with Crippen LogP contribution in [0.1, 0.15) is 31.7 Å². The molecule has 5 heteroatoms. The average molecular weight is 300 g/mol. The minimum Gasteiger partial charge on any atom is -0.481 e. The van der Waals surface area contributed by atoms with Gasteiger partial charge in [-0.05, 0) is 44.4 Å². The number of morpholine rings is 1. The van der Waals surface area contributed by atoms with Crippen molar-refractivity contribution in [3.05, 3.63) is 29.8 Å². The maximum atomic E-state index is 12.7. The number of hydrogen-bond donors (Lipinski definition) is 0. The molecule has 2 fully saturated rings. The Morgan fingerprint density at radius 2 is 2.36 bits per heavy atom. The number of nitriles is 1. The Bertz CT molecular complexity index is 596. The second-order valence-electron chi connectivity index (χ2n) is 5.84. The number of carbonyl (C=O) groups is 1. The Labute approximate surface area is 130 Å². The number of carbonyl (C=O) groups excluding carboxylic acids is 1. The highest BCUT2D eigenvalue weighted by atomic mass is 16.5. The van der Waals surface area contributed by atoms with Crippen LogP contribution in [0.3, 0.4) is 0 Å². The van der Waals surface area contributed by atoms with Crippen LogP contribution in [-0.2, 0) is 9.53 Å². The van der Waals surface area contributed by atoms with Crippen molar-refractivity contribution in [2.75, 3.05) is 13.2 Å². The second kappa shape index (κ2) is 6.37. The molecule has 116 valence electrons. The van der Waals surface area contributed by atoms with E-state index in [0.29, 0.717) is 24.5 Å². The van der Waals surface area contributed by atoms with E-state index in [1.807, 2.05) is 4.90 Å². The number of hydrogen-bond acceptors (Lipinski definition) is 4. The first kappa shape index (κ1) is 14.9. The van der Waals surface area contributed by atoms with Crippen molar-refractivity contribution in [2.24, 2.45) is 0 Å². The zero-order valence-corrected chi connectivity index (χ0v) is 12.7. The van der Waals surface area contributed by atoms with E-state index >= 15 is 0 Å². The monoisotopic (exact) mass is 300 g/mol. The molecule has 3 rings (SSSR count). The van der Waals surface area contributed by atoms with E-state index in [9.17, 15) is 4.79 Å². The Morgan fingerprint density at radius 1 is 1.50 bits per heavy atom. The molecule has 1 aromatic carbocycles. The molecule has 0 bridgehead atoms. The van der Waals surface area contributed by atoms with Gasteiger partial charge < -0.3 is 14.4 Å². The van der Waals surface area contributed by atoms with Crippen LogP contribution < -0.4 is 4.74 Å². The summed E-state index contributed by atoms with van der Waals surface area (Å²) in [5.41, 5.74) is 0.527. The van der Waals surface area contributed by atoms with Crippen LogP contribution in [0.2, 0.25) is 0 Å². The molecule has 1 saturated heterocycles. The lowest BCUT2D eigenvalue weighted by molar-refractivity contribution is -0.150. The van der Waals surface area contributed by atoms with Crippen molar-refractivity contribution in [3.8, 4) is 11.8 Å². The second-order valence-corrected chi connectivity index (χ2v) is 5.84. The molecule has 0 spiro atoms. The summed E-state index contributed by atoms with van der Waals surface area (Å²) in [5.74, 6) is 0.554. The van der Waals surface area contributed by atoms with Gasteiger partial charge >= 0.3 is 0 Å². The summed E-state index contributed by atoms with van der Waals surface area (Å²) in [4.78, 5) is 14.6. The lowest BCUT2D eigenvalue weighted by atomic mass is 10.1. The molecule has 0 aromatic heterocycles. The zero-order valence-electron chi connectivity index (χ0n) is 12.7. The molecule has 1 aliphatic heterocycles. The highest BCUT2D eigenvalue weighted by Gasteiger charge is 2.39. The SMILES string of the molecule is C[C@H](Oc1cccc(C#N)c1)C(=O)N1CCO[C@H]2CCC[C@@H]21. The van der Waals surface area contributed by atoms with E-state index in [-0.39, 0.29) is 18.1 Å². The van der Waals surface area contributed by atoms with Gasteiger partial charge in [-0.25, -0.2) is 0 Å². The lowest BCUT2D eigenvalue weighted by Gasteiger charge is -2.38. The fraction of sp³-hybridized carbons (Fsp3) is 0.529. The predicted molar refractivity (Wildman–Crippen MR) is 80.3 cm³/mol. The third-order valence-electron chi connectivity index (χ3n) is 4.39. The summed E-state index contributed by atoms with van der Waals surface area (Å²) >= 11 is 0. The Kier molecular flexibility index (Phi) is 4.30. The van der Waals surface area contributed by atoms with Gasteiger partial charge in [-0.1, -0.05) is 6.07 Å². The van der Waals surface area contributed by atoms with Gasteiger partial charge in [-0.3, -0.25) is 4.79 Å². The predicted octanol–water partition coefficient (Wildman–Crippen LogP) is 2.11. The summed E-state index contributed by atoms with van der Waals surface area (Å²) < 4.78 is 11.5. The normalized spacial score (nSPS) is 25.2. The number of benzene rings is 1. The van der Waals surface area contributed by atoms with Crippen LogP contribution in [0.4, 0.5) is 0 Å². The molecule has 0 radical (unpaired) electrons. The maximum absolute atomic E-state index is 12.7. The molecule has 1 aliphatic carbocycles. The number of fused-ring (bicyclic) bond motifs is 1. The van der Waals surface area contributed by atoms with E-state index < -0.39 is 6.10 Å². The summed E-state index contributed by atoms with van der Waals surface area (Å²) in [6, 6.07) is 9.15. The maximum Gasteiger partial charge on any atom is 0.263 e. The highest BCUT2D eigenvalue weighted by molar-refractivity contribution is 5.81. The van der Waals surface area contributed by atoms with Crippen LogP contribution >= 0.6 is 0 Å². The third-order valence-corrected chi connectivity index (χ3v) is 4.39. The summed E-state index contributed by atoms with van der Waals surface area (Å²) in [5, 5.41) is 8.92. The first-order chi connectivity index (χ1) is 10.7. The van der Waals surface area contributed by atoms with Gasteiger partial charge in [0.05, 0.1) is 30.4 Å². The highest BCUT2D eigenvalue weighted by Crippen LogP contribution is 2.30. The van der Waals surface area contributed by atoms with Gasteiger partial charge in [-0.2, -0.15) is 5.26 Å². The molecule has 22 heavy (non-hydrogen) atoms. The molecular weight excluding hydrogens is 280 g/mol. The molecule has 3 atom stereocenters. The van der Waals surface area contributed by atoms with Crippen molar-refractivity contribution in [1.82, 2.24) is 4.90 Å². The van der Waals surface area contributed by atoms with E-state index in [2.05, 4.69) is 6.07 Å². The standard InChI is InChI=1S/C17H20N2O3/c1-12(22-14-5-2-4-13(10-14)11-18)17(20)19-8-9-21-16-7-3-6-15(16)19/h2,4-5,10,12,15-16H,3,6-9H2,1H3/t12-,15-,16-/m0/s1.